The standard InChI is InChI=1S/C21H24N2O3/c1-2-13-22(15-17-8-4-3-5-9-17)20(24)12-14-23-18-10-6-7-11-19(18)26-16-21(23)25/h3-11H,2,12-16H2,1H3. The molecule has 0 aliphatic carbocycles. The minimum Gasteiger partial charge on any atom is -0.482 e. The SMILES string of the molecule is CCCN(Cc1ccccc1)C(=O)CCN1C(=O)COc2ccccc21. The average Bonchev–Trinajstić information content (AvgIpc) is 2.67. The van der Waals surface area contributed by atoms with Gasteiger partial charge in [-0.1, -0.05) is 49.4 Å². The molecule has 1 aliphatic rings. The van der Waals surface area contributed by atoms with Crippen LogP contribution in [0.15, 0.2) is 54.6 Å². The monoisotopic (exact) mass is 352 g/mol. The van der Waals surface area contributed by atoms with Gasteiger partial charge in [0, 0.05) is 26.1 Å². The van der Waals surface area contributed by atoms with Gasteiger partial charge in [0.1, 0.15) is 5.75 Å². The normalized spacial score (nSPS) is 13.1. The van der Waals surface area contributed by atoms with Crippen LogP contribution in [0.4, 0.5) is 5.69 Å². The first-order valence-electron chi connectivity index (χ1n) is 9.03. The lowest BCUT2D eigenvalue weighted by molar-refractivity contribution is -0.131. The highest BCUT2D eigenvalue weighted by Gasteiger charge is 2.26. The summed E-state index contributed by atoms with van der Waals surface area (Å²) < 4.78 is 5.45. The second kappa shape index (κ2) is 8.52. The average molecular weight is 352 g/mol. The summed E-state index contributed by atoms with van der Waals surface area (Å²) >= 11 is 0. The smallest absolute Gasteiger partial charge is 0.265 e. The topological polar surface area (TPSA) is 49.9 Å². The summed E-state index contributed by atoms with van der Waals surface area (Å²) in [5.41, 5.74) is 1.85. The molecule has 2 aromatic rings. The van der Waals surface area contributed by atoms with Crippen molar-refractivity contribution in [2.75, 3.05) is 24.6 Å². The second-order valence-corrected chi connectivity index (χ2v) is 6.35. The van der Waals surface area contributed by atoms with E-state index in [0.29, 0.717) is 31.8 Å². The molecule has 0 radical (unpaired) electrons. The molecule has 0 saturated heterocycles. The number of fused-ring (bicyclic) bond motifs is 1. The van der Waals surface area contributed by atoms with Crippen molar-refractivity contribution in [3.05, 3.63) is 60.2 Å². The van der Waals surface area contributed by atoms with E-state index in [1.807, 2.05) is 59.5 Å². The van der Waals surface area contributed by atoms with Gasteiger partial charge in [0.15, 0.2) is 6.61 Å². The molecule has 2 aromatic carbocycles. The molecule has 0 atom stereocenters. The maximum Gasteiger partial charge on any atom is 0.265 e. The van der Waals surface area contributed by atoms with Crippen LogP contribution in [0.5, 0.6) is 5.75 Å². The van der Waals surface area contributed by atoms with E-state index < -0.39 is 0 Å². The third kappa shape index (κ3) is 4.23. The Balaban J connectivity index is 1.65. The van der Waals surface area contributed by atoms with Crippen molar-refractivity contribution in [3.63, 3.8) is 0 Å². The highest BCUT2D eigenvalue weighted by molar-refractivity contribution is 5.98. The maximum atomic E-state index is 12.8. The van der Waals surface area contributed by atoms with Crippen LogP contribution in [0.1, 0.15) is 25.3 Å². The fourth-order valence-corrected chi connectivity index (χ4v) is 3.13. The Morgan fingerprint density at radius 1 is 1.12 bits per heavy atom. The van der Waals surface area contributed by atoms with Crippen molar-refractivity contribution in [1.29, 1.82) is 0 Å². The molecule has 0 aromatic heterocycles. The fourth-order valence-electron chi connectivity index (χ4n) is 3.13. The van der Waals surface area contributed by atoms with E-state index in [4.69, 9.17) is 4.74 Å². The summed E-state index contributed by atoms with van der Waals surface area (Å²) in [6, 6.07) is 17.4. The number of carbonyl (C=O) groups excluding carboxylic acids is 2. The third-order valence-corrected chi connectivity index (χ3v) is 4.42. The highest BCUT2D eigenvalue weighted by atomic mass is 16.5. The quantitative estimate of drug-likeness (QED) is 0.769. The fraction of sp³-hybridized carbons (Fsp3) is 0.333. The van der Waals surface area contributed by atoms with Crippen molar-refractivity contribution < 1.29 is 14.3 Å². The van der Waals surface area contributed by atoms with Crippen LogP contribution < -0.4 is 9.64 Å². The van der Waals surface area contributed by atoms with Crippen molar-refractivity contribution in [3.8, 4) is 5.75 Å². The van der Waals surface area contributed by atoms with Crippen LogP contribution in [0.25, 0.3) is 0 Å². The number of carbonyl (C=O) groups is 2. The zero-order valence-electron chi connectivity index (χ0n) is 15.1. The minimum atomic E-state index is -0.110. The van der Waals surface area contributed by atoms with Gasteiger partial charge in [0.2, 0.25) is 5.91 Å². The number of amides is 2. The van der Waals surface area contributed by atoms with E-state index >= 15 is 0 Å². The first-order valence-corrected chi connectivity index (χ1v) is 9.03. The number of nitrogens with zero attached hydrogens (tertiary/aromatic N) is 2. The van der Waals surface area contributed by atoms with Gasteiger partial charge in [-0.05, 0) is 24.1 Å². The molecule has 26 heavy (non-hydrogen) atoms. The van der Waals surface area contributed by atoms with Crippen molar-refractivity contribution >= 4 is 17.5 Å². The van der Waals surface area contributed by atoms with Crippen molar-refractivity contribution in [2.24, 2.45) is 0 Å². The Morgan fingerprint density at radius 2 is 1.85 bits per heavy atom. The Hall–Kier alpha value is -2.82. The molecule has 1 heterocycles. The molecule has 1 aliphatic heterocycles. The van der Waals surface area contributed by atoms with Gasteiger partial charge in [0.05, 0.1) is 5.69 Å². The molecular weight excluding hydrogens is 328 g/mol. The lowest BCUT2D eigenvalue weighted by Crippen LogP contribution is -2.41. The number of anilines is 1. The molecule has 5 heteroatoms. The zero-order chi connectivity index (χ0) is 18.4. The summed E-state index contributed by atoms with van der Waals surface area (Å²) in [5, 5.41) is 0. The molecule has 0 spiro atoms. The van der Waals surface area contributed by atoms with E-state index in [2.05, 4.69) is 6.92 Å². The maximum absolute atomic E-state index is 12.8. The molecule has 3 rings (SSSR count). The Kier molecular flexibility index (Phi) is 5.89. The summed E-state index contributed by atoms with van der Waals surface area (Å²) in [5.74, 6) is 0.642. The van der Waals surface area contributed by atoms with Crippen LogP contribution >= 0.6 is 0 Å². The zero-order valence-corrected chi connectivity index (χ0v) is 15.1. The second-order valence-electron chi connectivity index (χ2n) is 6.35. The molecule has 0 unspecified atom stereocenters. The van der Waals surface area contributed by atoms with E-state index in [-0.39, 0.29) is 18.4 Å². The van der Waals surface area contributed by atoms with Gasteiger partial charge in [-0.15, -0.1) is 0 Å². The molecule has 0 N–H and O–H groups in total. The highest BCUT2D eigenvalue weighted by Crippen LogP contribution is 2.31. The molecule has 0 fully saturated rings. The molecular formula is C21H24N2O3. The molecule has 0 saturated carbocycles. The largest absolute Gasteiger partial charge is 0.482 e. The van der Waals surface area contributed by atoms with Gasteiger partial charge < -0.3 is 14.5 Å². The number of rotatable bonds is 7. The number of benzene rings is 2. The Labute approximate surface area is 154 Å². The minimum absolute atomic E-state index is 0.0217. The molecule has 2 amide bonds. The number of para-hydroxylation sites is 2. The lowest BCUT2D eigenvalue weighted by atomic mass is 10.2. The third-order valence-electron chi connectivity index (χ3n) is 4.42. The number of hydrogen-bond acceptors (Lipinski definition) is 3. The van der Waals surface area contributed by atoms with E-state index in [9.17, 15) is 9.59 Å². The van der Waals surface area contributed by atoms with E-state index in [1.54, 1.807) is 4.90 Å². The molecule has 0 bridgehead atoms. The Morgan fingerprint density at radius 3 is 2.62 bits per heavy atom. The lowest BCUT2D eigenvalue weighted by Gasteiger charge is -2.30. The van der Waals surface area contributed by atoms with E-state index in [0.717, 1.165) is 17.7 Å². The van der Waals surface area contributed by atoms with Crippen LogP contribution in [0.2, 0.25) is 0 Å². The van der Waals surface area contributed by atoms with Crippen molar-refractivity contribution in [2.45, 2.75) is 26.3 Å². The summed E-state index contributed by atoms with van der Waals surface area (Å²) in [6.07, 6.45) is 1.20. The molecule has 5 nitrogen and oxygen atoms in total. The van der Waals surface area contributed by atoms with Crippen LogP contribution in [-0.2, 0) is 16.1 Å². The van der Waals surface area contributed by atoms with Crippen LogP contribution in [0, 0.1) is 0 Å². The predicted molar refractivity (Wildman–Crippen MR) is 101 cm³/mol. The van der Waals surface area contributed by atoms with Crippen LogP contribution in [0.3, 0.4) is 0 Å². The first kappa shape index (κ1) is 18.0. The summed E-state index contributed by atoms with van der Waals surface area (Å²) in [7, 11) is 0. The first-order chi connectivity index (χ1) is 12.7. The van der Waals surface area contributed by atoms with Gasteiger partial charge in [-0.3, -0.25) is 9.59 Å². The van der Waals surface area contributed by atoms with Crippen LogP contribution in [-0.4, -0.2) is 36.4 Å². The Bertz CT molecular complexity index is 761. The van der Waals surface area contributed by atoms with Gasteiger partial charge in [-0.25, -0.2) is 0 Å². The number of ether oxygens (including phenoxy) is 1. The van der Waals surface area contributed by atoms with Gasteiger partial charge in [-0.2, -0.15) is 0 Å². The summed E-state index contributed by atoms with van der Waals surface area (Å²) in [6.45, 7) is 3.76. The molecule has 136 valence electrons. The van der Waals surface area contributed by atoms with Gasteiger partial charge in [0.25, 0.3) is 5.91 Å². The van der Waals surface area contributed by atoms with Gasteiger partial charge >= 0.3 is 0 Å². The van der Waals surface area contributed by atoms with Crippen molar-refractivity contribution in [1.82, 2.24) is 4.90 Å². The predicted octanol–water partition coefficient (Wildman–Crippen LogP) is 3.24. The van der Waals surface area contributed by atoms with E-state index in [1.165, 1.54) is 0 Å². The summed E-state index contributed by atoms with van der Waals surface area (Å²) in [4.78, 5) is 28.5. The number of hydrogen-bond donors (Lipinski definition) is 0.